The molecule has 0 aliphatic carbocycles. The summed E-state index contributed by atoms with van der Waals surface area (Å²) in [5, 5.41) is 4.32. The van der Waals surface area contributed by atoms with Crippen molar-refractivity contribution in [3.63, 3.8) is 0 Å². The summed E-state index contributed by atoms with van der Waals surface area (Å²) in [5.41, 5.74) is 5.09. The van der Waals surface area contributed by atoms with Crippen molar-refractivity contribution in [3.05, 3.63) is 118 Å². The summed E-state index contributed by atoms with van der Waals surface area (Å²) < 4.78 is 36.2. The minimum atomic E-state index is -0.431. The molecule has 9 heteroatoms. The van der Waals surface area contributed by atoms with Crippen molar-refractivity contribution in [3.8, 4) is 23.0 Å². The van der Waals surface area contributed by atoms with Gasteiger partial charge in [0.1, 0.15) is 19.0 Å². The fourth-order valence-corrected chi connectivity index (χ4v) is 4.01. The first-order valence-corrected chi connectivity index (χ1v) is 12.9. The van der Waals surface area contributed by atoms with Crippen molar-refractivity contribution < 1.29 is 28.1 Å². The number of benzene rings is 4. The molecule has 0 fully saturated rings. The number of nitrogens with one attached hydrogen (secondary N) is 1. The van der Waals surface area contributed by atoms with Crippen LogP contribution in [0.15, 0.2) is 90.0 Å². The van der Waals surface area contributed by atoms with Gasteiger partial charge in [-0.05, 0) is 66.1 Å². The quantitative estimate of drug-likeness (QED) is 0.152. The number of nitrogens with zero attached hydrogens (tertiary/aromatic N) is 1. The normalized spacial score (nSPS) is 10.8. The minimum absolute atomic E-state index is 0.108. The number of hydrogen-bond donors (Lipinski definition) is 1. The summed E-state index contributed by atoms with van der Waals surface area (Å²) in [7, 11) is 1.48. The van der Waals surface area contributed by atoms with Crippen molar-refractivity contribution >= 4 is 23.7 Å². The number of hydrazone groups is 1. The second-order valence-corrected chi connectivity index (χ2v) is 8.93. The van der Waals surface area contributed by atoms with Gasteiger partial charge in [-0.15, -0.1) is 0 Å². The Kier molecular flexibility index (Phi) is 9.96. The number of carbonyl (C=O) groups is 1. The summed E-state index contributed by atoms with van der Waals surface area (Å²) >= 11 is 6.42. The van der Waals surface area contributed by atoms with Gasteiger partial charge in [0.05, 0.1) is 25.0 Å². The molecule has 0 spiro atoms. The van der Waals surface area contributed by atoms with Crippen LogP contribution in [0.5, 0.6) is 23.0 Å². The van der Waals surface area contributed by atoms with E-state index in [1.807, 2.05) is 37.3 Å². The average Bonchev–Trinajstić information content (AvgIpc) is 2.96. The molecule has 0 radical (unpaired) electrons. The van der Waals surface area contributed by atoms with Gasteiger partial charge in [0.25, 0.3) is 5.91 Å². The number of methoxy groups -OCH3 is 1. The van der Waals surface area contributed by atoms with Crippen LogP contribution >= 0.6 is 11.6 Å². The standard InChI is InChI=1S/C31H28ClFN2O5/c1-3-38-28-17-24(12-13-27(28)39-19-21-8-5-4-6-9-21)31(36)35-34-18-23-15-26(32)30(29(16-23)37-2)40-20-22-10-7-11-25(33)14-22/h4-18H,3,19-20H2,1-2H3,(H,35,36)/b34-18+. The van der Waals surface area contributed by atoms with Crippen molar-refractivity contribution in [1.29, 1.82) is 0 Å². The summed E-state index contributed by atoms with van der Waals surface area (Å²) in [5.74, 6) is 0.888. The Hall–Kier alpha value is -4.56. The zero-order valence-corrected chi connectivity index (χ0v) is 22.8. The second kappa shape index (κ2) is 14.0. The molecule has 1 N–H and O–H groups in total. The van der Waals surface area contributed by atoms with Crippen LogP contribution < -0.4 is 24.4 Å². The number of rotatable bonds is 12. The summed E-state index contributed by atoms with van der Waals surface area (Å²) in [6, 6.07) is 24.1. The largest absolute Gasteiger partial charge is 0.493 e. The molecule has 0 aliphatic heterocycles. The van der Waals surface area contributed by atoms with Gasteiger partial charge in [0, 0.05) is 5.56 Å². The minimum Gasteiger partial charge on any atom is -0.493 e. The predicted molar refractivity (Wildman–Crippen MR) is 152 cm³/mol. The van der Waals surface area contributed by atoms with Gasteiger partial charge in [-0.25, -0.2) is 9.82 Å². The van der Waals surface area contributed by atoms with E-state index in [2.05, 4.69) is 10.5 Å². The third-order valence-corrected chi connectivity index (χ3v) is 5.93. The van der Waals surface area contributed by atoms with Crippen LogP contribution in [0, 0.1) is 5.82 Å². The van der Waals surface area contributed by atoms with E-state index in [1.165, 1.54) is 25.5 Å². The molecular formula is C31H28ClFN2O5. The lowest BCUT2D eigenvalue weighted by atomic mass is 10.2. The monoisotopic (exact) mass is 562 g/mol. The van der Waals surface area contributed by atoms with E-state index in [9.17, 15) is 9.18 Å². The van der Waals surface area contributed by atoms with Crippen LogP contribution in [0.1, 0.15) is 34.0 Å². The van der Waals surface area contributed by atoms with Crippen LogP contribution in [0.3, 0.4) is 0 Å². The third-order valence-electron chi connectivity index (χ3n) is 5.65. The van der Waals surface area contributed by atoms with E-state index in [4.69, 9.17) is 30.5 Å². The zero-order chi connectivity index (χ0) is 28.3. The highest BCUT2D eigenvalue weighted by molar-refractivity contribution is 6.32. The average molecular weight is 563 g/mol. The maximum Gasteiger partial charge on any atom is 0.271 e. The zero-order valence-electron chi connectivity index (χ0n) is 22.0. The number of hydrogen-bond acceptors (Lipinski definition) is 6. The van der Waals surface area contributed by atoms with Crippen molar-refractivity contribution in [1.82, 2.24) is 5.43 Å². The molecule has 0 heterocycles. The molecule has 0 unspecified atom stereocenters. The van der Waals surface area contributed by atoms with Gasteiger partial charge in [0.15, 0.2) is 23.0 Å². The molecule has 0 saturated carbocycles. The lowest BCUT2D eigenvalue weighted by Crippen LogP contribution is -2.17. The van der Waals surface area contributed by atoms with E-state index in [1.54, 1.807) is 42.5 Å². The Bertz CT molecular complexity index is 1480. The van der Waals surface area contributed by atoms with Crippen LogP contribution in [0.4, 0.5) is 4.39 Å². The van der Waals surface area contributed by atoms with E-state index >= 15 is 0 Å². The SMILES string of the molecule is CCOc1cc(C(=O)N/N=C/c2cc(Cl)c(OCc3cccc(F)c3)c(OC)c2)ccc1OCc1ccccc1. The molecule has 0 saturated heterocycles. The number of halogens is 2. The first-order chi connectivity index (χ1) is 19.5. The Morgan fingerprint density at radius 3 is 2.40 bits per heavy atom. The number of carbonyl (C=O) groups excluding carboxylic acids is 1. The van der Waals surface area contributed by atoms with E-state index in [0.717, 1.165) is 5.56 Å². The molecule has 40 heavy (non-hydrogen) atoms. The van der Waals surface area contributed by atoms with Gasteiger partial charge in [-0.2, -0.15) is 5.10 Å². The highest BCUT2D eigenvalue weighted by Crippen LogP contribution is 2.36. The molecule has 0 atom stereocenters. The second-order valence-electron chi connectivity index (χ2n) is 8.52. The molecule has 4 aromatic carbocycles. The van der Waals surface area contributed by atoms with Gasteiger partial charge in [-0.1, -0.05) is 54.1 Å². The van der Waals surface area contributed by atoms with Crippen LogP contribution in [0.2, 0.25) is 5.02 Å². The van der Waals surface area contributed by atoms with E-state index in [-0.39, 0.29) is 17.4 Å². The van der Waals surface area contributed by atoms with E-state index < -0.39 is 5.91 Å². The van der Waals surface area contributed by atoms with Crippen molar-refractivity contribution in [2.45, 2.75) is 20.1 Å². The molecule has 1 amide bonds. The van der Waals surface area contributed by atoms with Gasteiger partial charge in [0.2, 0.25) is 0 Å². The Morgan fingerprint density at radius 1 is 0.875 bits per heavy atom. The van der Waals surface area contributed by atoms with Crippen LogP contribution in [0.25, 0.3) is 0 Å². The van der Waals surface area contributed by atoms with Crippen LogP contribution in [-0.4, -0.2) is 25.8 Å². The lowest BCUT2D eigenvalue weighted by molar-refractivity contribution is 0.0954. The topological polar surface area (TPSA) is 78.4 Å². The highest BCUT2D eigenvalue weighted by Gasteiger charge is 2.14. The van der Waals surface area contributed by atoms with Crippen molar-refractivity contribution in [2.24, 2.45) is 5.10 Å². The van der Waals surface area contributed by atoms with E-state index in [0.29, 0.717) is 52.9 Å². The lowest BCUT2D eigenvalue weighted by Gasteiger charge is -2.13. The maximum absolute atomic E-state index is 13.5. The number of ether oxygens (including phenoxy) is 4. The van der Waals surface area contributed by atoms with Gasteiger partial charge >= 0.3 is 0 Å². The molecule has 0 bridgehead atoms. The first kappa shape index (κ1) is 28.4. The van der Waals surface area contributed by atoms with Gasteiger partial charge < -0.3 is 18.9 Å². The molecule has 4 rings (SSSR count). The van der Waals surface area contributed by atoms with Crippen LogP contribution in [-0.2, 0) is 13.2 Å². The highest BCUT2D eigenvalue weighted by atomic mass is 35.5. The molecular weight excluding hydrogens is 535 g/mol. The number of amides is 1. The summed E-state index contributed by atoms with van der Waals surface area (Å²) in [6.07, 6.45) is 1.43. The summed E-state index contributed by atoms with van der Waals surface area (Å²) in [4.78, 5) is 12.8. The molecule has 4 aromatic rings. The summed E-state index contributed by atoms with van der Waals surface area (Å²) in [6.45, 7) is 2.75. The predicted octanol–water partition coefficient (Wildman–Crippen LogP) is 6.81. The molecule has 7 nitrogen and oxygen atoms in total. The third kappa shape index (κ3) is 7.74. The maximum atomic E-state index is 13.5. The fourth-order valence-electron chi connectivity index (χ4n) is 3.74. The molecule has 0 aliphatic rings. The van der Waals surface area contributed by atoms with Crippen molar-refractivity contribution in [2.75, 3.05) is 13.7 Å². The Morgan fingerprint density at radius 2 is 1.65 bits per heavy atom. The first-order valence-electron chi connectivity index (χ1n) is 12.5. The fraction of sp³-hybridized carbons (Fsp3) is 0.161. The van der Waals surface area contributed by atoms with Gasteiger partial charge in [-0.3, -0.25) is 4.79 Å². The Balaban J connectivity index is 1.40. The molecule has 206 valence electrons. The Labute approximate surface area is 237 Å². The smallest absolute Gasteiger partial charge is 0.271 e. The molecule has 0 aromatic heterocycles.